The largest absolute Gasteiger partial charge is 0.394 e. The Kier molecular flexibility index (Phi) is 43.1. The maximum absolute atomic E-state index is 13.3. The van der Waals surface area contributed by atoms with Crippen molar-refractivity contribution in [3.8, 4) is 0 Å². The predicted octanol–water partition coefficient (Wildman–Crippen LogP) is 10.4. The summed E-state index contributed by atoms with van der Waals surface area (Å²) in [4.78, 5) is 13.3. The second kappa shape index (κ2) is 46.8. The van der Waals surface area contributed by atoms with E-state index in [9.17, 15) is 45.6 Å². The number of nitrogens with one attached hydrogen (secondary N) is 1. The van der Waals surface area contributed by atoms with E-state index in [0.717, 1.165) is 44.9 Å². The van der Waals surface area contributed by atoms with Crippen molar-refractivity contribution in [1.82, 2.24) is 5.32 Å². The summed E-state index contributed by atoms with van der Waals surface area (Å²) in [5.74, 6) is -0.253. The molecule has 2 saturated heterocycles. The van der Waals surface area contributed by atoms with Gasteiger partial charge in [0.2, 0.25) is 5.91 Å². The van der Waals surface area contributed by atoms with Gasteiger partial charge in [0.25, 0.3) is 0 Å². The van der Waals surface area contributed by atoms with Gasteiger partial charge >= 0.3 is 0 Å². The Bertz CT molecular complexity index is 1440. The molecule has 0 aliphatic carbocycles. The molecule has 0 radical (unpaired) electrons. The molecule has 9 N–H and O–H groups in total. The summed E-state index contributed by atoms with van der Waals surface area (Å²) in [5.41, 5.74) is 0. The van der Waals surface area contributed by atoms with E-state index in [4.69, 9.17) is 18.9 Å². The Morgan fingerprint density at radius 3 is 1.41 bits per heavy atom. The summed E-state index contributed by atoms with van der Waals surface area (Å²) < 4.78 is 22.8. The molecule has 12 atom stereocenters. The Hall–Kier alpha value is -2.05. The molecule has 14 nitrogen and oxygen atoms in total. The monoisotopic (exact) mass is 1070 g/mol. The zero-order valence-corrected chi connectivity index (χ0v) is 47.0. The van der Waals surface area contributed by atoms with Crippen molar-refractivity contribution in [2.75, 3.05) is 19.8 Å². The van der Waals surface area contributed by atoms with Crippen molar-refractivity contribution in [3.63, 3.8) is 0 Å². The van der Waals surface area contributed by atoms with Crippen LogP contribution in [0.4, 0.5) is 0 Å². The van der Waals surface area contributed by atoms with Crippen LogP contribution in [0.25, 0.3) is 0 Å². The number of carbonyl (C=O) groups excluding carboxylic acids is 1. The number of hydrogen-bond acceptors (Lipinski definition) is 13. The second-order valence-electron chi connectivity index (χ2n) is 21.5. The van der Waals surface area contributed by atoms with Crippen molar-refractivity contribution in [1.29, 1.82) is 0 Å². The molecule has 0 saturated carbocycles. The van der Waals surface area contributed by atoms with Gasteiger partial charge in [-0.15, -0.1) is 0 Å². The van der Waals surface area contributed by atoms with Gasteiger partial charge in [0.05, 0.1) is 32.0 Å². The molecule has 2 aliphatic heterocycles. The molecule has 14 heteroatoms. The average molecular weight is 1070 g/mol. The summed E-state index contributed by atoms with van der Waals surface area (Å²) in [6.45, 7) is 2.77. The van der Waals surface area contributed by atoms with Gasteiger partial charge in [-0.1, -0.05) is 217 Å². The summed E-state index contributed by atoms with van der Waals surface area (Å²) in [6.07, 6.45) is 41.5. The van der Waals surface area contributed by atoms with Gasteiger partial charge in [0, 0.05) is 6.42 Å². The SMILES string of the molecule is CCCCC/C=C\C/C=C\CCCCCCCCCCCC(=O)NC(COC1OC(CO)C(OC2OC(CO)C(O)C(O)C2O)C(O)C1O)C(O)/C=C/CC/C=C/CCCCCCCCCCCCCCCCCC. The Morgan fingerprint density at radius 2 is 0.893 bits per heavy atom. The number of amides is 1. The van der Waals surface area contributed by atoms with E-state index in [1.165, 1.54) is 161 Å². The molecule has 12 unspecified atom stereocenters. The summed E-state index contributed by atoms with van der Waals surface area (Å²) in [5, 5.41) is 87.1. The zero-order chi connectivity index (χ0) is 54.6. The van der Waals surface area contributed by atoms with Crippen LogP contribution in [-0.2, 0) is 23.7 Å². The van der Waals surface area contributed by atoms with Gasteiger partial charge in [-0.3, -0.25) is 4.79 Å². The van der Waals surface area contributed by atoms with E-state index >= 15 is 0 Å². The van der Waals surface area contributed by atoms with Crippen molar-refractivity contribution in [2.45, 2.75) is 312 Å². The lowest BCUT2D eigenvalue weighted by atomic mass is 9.97. The molecule has 2 fully saturated rings. The van der Waals surface area contributed by atoms with E-state index < -0.39 is 86.8 Å². The molecule has 2 rings (SSSR count). The Balaban J connectivity index is 1.78. The van der Waals surface area contributed by atoms with Crippen LogP contribution in [0, 0.1) is 0 Å². The third kappa shape index (κ3) is 32.6. The fourth-order valence-electron chi connectivity index (χ4n) is 9.81. The fourth-order valence-corrected chi connectivity index (χ4v) is 9.81. The van der Waals surface area contributed by atoms with Gasteiger partial charge in [-0.25, -0.2) is 0 Å². The first-order chi connectivity index (χ1) is 36.6. The van der Waals surface area contributed by atoms with Crippen LogP contribution in [0.3, 0.4) is 0 Å². The van der Waals surface area contributed by atoms with Crippen LogP contribution in [0.2, 0.25) is 0 Å². The summed E-state index contributed by atoms with van der Waals surface area (Å²) in [6, 6.07) is -0.935. The average Bonchev–Trinajstić information content (AvgIpc) is 3.41. The molecule has 0 aromatic heterocycles. The fraction of sp³-hybridized carbons (Fsp3) is 0.852. The molecule has 2 heterocycles. The molecule has 0 bridgehead atoms. The van der Waals surface area contributed by atoms with E-state index in [2.05, 4.69) is 55.6 Å². The summed E-state index contributed by atoms with van der Waals surface area (Å²) >= 11 is 0. The first-order valence-corrected chi connectivity index (χ1v) is 30.4. The van der Waals surface area contributed by atoms with Crippen LogP contribution >= 0.6 is 0 Å². The molecule has 75 heavy (non-hydrogen) atoms. The highest BCUT2D eigenvalue weighted by atomic mass is 16.7. The third-order valence-corrected chi connectivity index (χ3v) is 14.7. The smallest absolute Gasteiger partial charge is 0.220 e. The quantitative estimate of drug-likeness (QED) is 0.0204. The van der Waals surface area contributed by atoms with Gasteiger partial charge in [0.15, 0.2) is 12.6 Å². The minimum atomic E-state index is -1.79. The minimum absolute atomic E-state index is 0.253. The lowest BCUT2D eigenvalue weighted by Gasteiger charge is -2.46. The summed E-state index contributed by atoms with van der Waals surface area (Å²) in [7, 11) is 0. The lowest BCUT2D eigenvalue weighted by Crippen LogP contribution is -2.65. The van der Waals surface area contributed by atoms with Gasteiger partial charge in [-0.2, -0.15) is 0 Å². The molecule has 1 amide bonds. The number of ether oxygens (including phenoxy) is 4. The number of rotatable bonds is 48. The number of hydrogen-bond donors (Lipinski definition) is 9. The number of allylic oxidation sites excluding steroid dienone is 7. The normalized spacial score (nSPS) is 25.4. The number of aliphatic hydroxyl groups is 8. The molecule has 2 aliphatic rings. The van der Waals surface area contributed by atoms with Gasteiger partial charge in [0.1, 0.15) is 48.8 Å². The molecular weight excluding hydrogens is 955 g/mol. The number of aliphatic hydroxyl groups excluding tert-OH is 8. The van der Waals surface area contributed by atoms with Crippen molar-refractivity contribution >= 4 is 5.91 Å². The maximum atomic E-state index is 13.3. The van der Waals surface area contributed by atoms with Crippen LogP contribution in [-0.4, -0.2) is 140 Å². The Morgan fingerprint density at radius 1 is 0.480 bits per heavy atom. The van der Waals surface area contributed by atoms with Crippen molar-refractivity contribution < 1.29 is 64.6 Å². The third-order valence-electron chi connectivity index (χ3n) is 14.7. The second-order valence-corrected chi connectivity index (χ2v) is 21.5. The molecular formula is C61H111NO13. The van der Waals surface area contributed by atoms with Crippen LogP contribution in [0.1, 0.15) is 239 Å². The molecule has 0 spiro atoms. The Labute approximate surface area is 454 Å². The van der Waals surface area contributed by atoms with Crippen molar-refractivity contribution in [3.05, 3.63) is 48.6 Å². The highest BCUT2D eigenvalue weighted by Gasteiger charge is 2.51. The van der Waals surface area contributed by atoms with Crippen molar-refractivity contribution in [2.24, 2.45) is 0 Å². The van der Waals surface area contributed by atoms with E-state index in [1.807, 2.05) is 6.08 Å². The standard InChI is InChI=1S/C61H111NO13/c1-3-5-7-9-11-13-15-17-19-21-23-24-25-27-28-30-32-34-36-38-40-42-44-50(65)49(62-53(66)45-43-41-39-37-35-33-31-29-26-22-20-18-16-14-12-10-8-6-4-2)48-72-60-58(71)56(69)59(52(47-64)74-60)75-61-57(70)55(68)54(67)51(46-63)73-61/h12,14,18,20,34,36,42,44,49-52,54-61,63-65,67-71H,3-11,13,15-17,19,21-33,35,37-41,43,45-48H2,1-2H3,(H,62,66)/b14-12-,20-18-,36-34+,44-42+. The number of unbranched alkanes of at least 4 members (excludes halogenated alkanes) is 29. The van der Waals surface area contributed by atoms with E-state index in [1.54, 1.807) is 6.08 Å². The molecule has 438 valence electrons. The number of carbonyl (C=O) groups is 1. The van der Waals surface area contributed by atoms with Crippen LogP contribution in [0.5, 0.6) is 0 Å². The predicted molar refractivity (Wildman–Crippen MR) is 300 cm³/mol. The first-order valence-electron chi connectivity index (χ1n) is 30.4. The maximum Gasteiger partial charge on any atom is 0.220 e. The van der Waals surface area contributed by atoms with Crippen LogP contribution in [0.15, 0.2) is 48.6 Å². The minimum Gasteiger partial charge on any atom is -0.394 e. The highest BCUT2D eigenvalue weighted by molar-refractivity contribution is 5.76. The zero-order valence-electron chi connectivity index (χ0n) is 47.0. The first kappa shape index (κ1) is 69.1. The van der Waals surface area contributed by atoms with Gasteiger partial charge in [-0.05, 0) is 64.2 Å². The lowest BCUT2D eigenvalue weighted by molar-refractivity contribution is -0.359. The van der Waals surface area contributed by atoms with E-state index in [0.29, 0.717) is 12.8 Å². The molecule has 0 aromatic carbocycles. The van der Waals surface area contributed by atoms with Gasteiger partial charge < -0.3 is 65.1 Å². The highest BCUT2D eigenvalue weighted by Crippen LogP contribution is 2.30. The van der Waals surface area contributed by atoms with E-state index in [-0.39, 0.29) is 18.9 Å². The molecule has 0 aromatic rings. The van der Waals surface area contributed by atoms with Crippen LogP contribution < -0.4 is 5.32 Å². The topological polar surface area (TPSA) is 228 Å².